The molecular formula is C6H13ClO. The normalized spacial score (nSPS) is 18.8. The highest BCUT2D eigenvalue weighted by Crippen LogP contribution is 2.09. The number of hydrogen-bond donors (Lipinski definition) is 1. The smallest absolute Gasteiger partial charge is 0.0723 e. The second-order valence-corrected chi connectivity index (χ2v) is 3.10. The SMILES string of the molecule is CC(C)[C@@H](O)[C@@H](C)Cl. The van der Waals surface area contributed by atoms with Gasteiger partial charge in [0.1, 0.15) is 0 Å². The fraction of sp³-hybridized carbons (Fsp3) is 1.00. The first kappa shape index (κ1) is 8.25. The molecule has 1 nitrogen and oxygen atoms in total. The second kappa shape index (κ2) is 3.31. The second-order valence-electron chi connectivity index (χ2n) is 2.41. The summed E-state index contributed by atoms with van der Waals surface area (Å²) < 4.78 is 0. The number of halogens is 1. The van der Waals surface area contributed by atoms with Gasteiger partial charge in [0.15, 0.2) is 0 Å². The molecule has 50 valence electrons. The van der Waals surface area contributed by atoms with Gasteiger partial charge in [-0.2, -0.15) is 0 Å². The zero-order valence-corrected chi connectivity index (χ0v) is 6.31. The Balaban J connectivity index is 3.46. The maximum atomic E-state index is 9.07. The lowest BCUT2D eigenvalue weighted by atomic mass is 10.1. The highest BCUT2D eigenvalue weighted by molar-refractivity contribution is 6.20. The Morgan fingerprint density at radius 2 is 1.62 bits per heavy atom. The number of aliphatic hydroxyl groups excluding tert-OH is 1. The molecule has 0 bridgehead atoms. The Labute approximate surface area is 55.7 Å². The van der Waals surface area contributed by atoms with E-state index in [0.717, 1.165) is 0 Å². The van der Waals surface area contributed by atoms with Gasteiger partial charge in [-0.15, -0.1) is 11.6 Å². The molecule has 1 N–H and O–H groups in total. The van der Waals surface area contributed by atoms with Crippen LogP contribution in [0.5, 0.6) is 0 Å². The van der Waals surface area contributed by atoms with Crippen LogP contribution in [0.15, 0.2) is 0 Å². The zero-order valence-electron chi connectivity index (χ0n) is 5.56. The van der Waals surface area contributed by atoms with Gasteiger partial charge >= 0.3 is 0 Å². The maximum absolute atomic E-state index is 9.07. The molecule has 0 fully saturated rings. The van der Waals surface area contributed by atoms with Crippen molar-refractivity contribution in [2.75, 3.05) is 0 Å². The Hall–Kier alpha value is 0.250. The Morgan fingerprint density at radius 1 is 1.25 bits per heavy atom. The van der Waals surface area contributed by atoms with Crippen molar-refractivity contribution in [2.24, 2.45) is 5.92 Å². The lowest BCUT2D eigenvalue weighted by Gasteiger charge is -2.15. The maximum Gasteiger partial charge on any atom is 0.0723 e. The van der Waals surface area contributed by atoms with Gasteiger partial charge in [-0.05, 0) is 12.8 Å². The number of rotatable bonds is 2. The predicted octanol–water partition coefficient (Wildman–Crippen LogP) is 1.63. The van der Waals surface area contributed by atoms with Crippen molar-refractivity contribution < 1.29 is 5.11 Å². The van der Waals surface area contributed by atoms with E-state index < -0.39 is 0 Å². The molecule has 8 heavy (non-hydrogen) atoms. The third-order valence-electron chi connectivity index (χ3n) is 1.15. The van der Waals surface area contributed by atoms with Crippen LogP contribution in [0.3, 0.4) is 0 Å². The lowest BCUT2D eigenvalue weighted by molar-refractivity contribution is 0.125. The van der Waals surface area contributed by atoms with Crippen LogP contribution in [0.2, 0.25) is 0 Å². The van der Waals surface area contributed by atoms with Gasteiger partial charge in [0.05, 0.1) is 11.5 Å². The van der Waals surface area contributed by atoms with Crippen molar-refractivity contribution in [3.63, 3.8) is 0 Å². The fourth-order valence-corrected chi connectivity index (χ4v) is 0.821. The highest BCUT2D eigenvalue weighted by Gasteiger charge is 2.13. The number of aliphatic hydroxyl groups is 1. The zero-order chi connectivity index (χ0) is 6.73. The summed E-state index contributed by atoms with van der Waals surface area (Å²) in [7, 11) is 0. The van der Waals surface area contributed by atoms with E-state index in [-0.39, 0.29) is 17.4 Å². The number of alkyl halides is 1. The van der Waals surface area contributed by atoms with E-state index in [4.69, 9.17) is 16.7 Å². The molecule has 0 radical (unpaired) electrons. The van der Waals surface area contributed by atoms with Crippen molar-refractivity contribution in [3.05, 3.63) is 0 Å². The van der Waals surface area contributed by atoms with E-state index in [0.29, 0.717) is 0 Å². The molecule has 0 aromatic heterocycles. The molecule has 0 spiro atoms. The molecule has 0 amide bonds. The van der Waals surface area contributed by atoms with Crippen LogP contribution in [-0.4, -0.2) is 16.6 Å². The Bertz CT molecular complexity index is 53.5. The topological polar surface area (TPSA) is 20.2 Å². The first-order valence-corrected chi connectivity index (χ1v) is 3.31. The van der Waals surface area contributed by atoms with Crippen molar-refractivity contribution in [2.45, 2.75) is 32.3 Å². The average molecular weight is 137 g/mol. The van der Waals surface area contributed by atoms with Crippen LogP contribution in [0.25, 0.3) is 0 Å². The van der Waals surface area contributed by atoms with Gasteiger partial charge in [-0.1, -0.05) is 13.8 Å². The summed E-state index contributed by atoms with van der Waals surface area (Å²) in [6.45, 7) is 5.69. The standard InChI is InChI=1S/C6H13ClO/c1-4(2)6(8)5(3)7/h4-6,8H,1-3H3/t5-,6-/m1/s1. The van der Waals surface area contributed by atoms with Crippen molar-refractivity contribution in [3.8, 4) is 0 Å². The van der Waals surface area contributed by atoms with E-state index >= 15 is 0 Å². The van der Waals surface area contributed by atoms with Crippen LogP contribution in [0.1, 0.15) is 20.8 Å². The van der Waals surface area contributed by atoms with Crippen molar-refractivity contribution in [1.29, 1.82) is 0 Å². The van der Waals surface area contributed by atoms with Crippen LogP contribution in [0, 0.1) is 5.92 Å². The van der Waals surface area contributed by atoms with Crippen molar-refractivity contribution >= 4 is 11.6 Å². The molecule has 0 aromatic rings. The van der Waals surface area contributed by atoms with Crippen LogP contribution >= 0.6 is 11.6 Å². The molecule has 0 unspecified atom stereocenters. The summed E-state index contributed by atoms with van der Waals surface area (Å²) in [6.07, 6.45) is -0.364. The summed E-state index contributed by atoms with van der Waals surface area (Å²) in [5.74, 6) is 0.266. The van der Waals surface area contributed by atoms with Gasteiger partial charge in [0.2, 0.25) is 0 Å². The largest absolute Gasteiger partial charge is 0.391 e. The molecule has 0 aliphatic rings. The van der Waals surface area contributed by atoms with Gasteiger partial charge in [0.25, 0.3) is 0 Å². The van der Waals surface area contributed by atoms with E-state index in [1.165, 1.54) is 0 Å². The van der Waals surface area contributed by atoms with Crippen LogP contribution in [0.4, 0.5) is 0 Å². The number of hydrogen-bond acceptors (Lipinski definition) is 1. The van der Waals surface area contributed by atoms with Crippen molar-refractivity contribution in [1.82, 2.24) is 0 Å². The average Bonchev–Trinajstić information content (AvgIpc) is 1.64. The van der Waals surface area contributed by atoms with E-state index in [1.807, 2.05) is 13.8 Å². The minimum absolute atomic E-state index is 0.130. The Morgan fingerprint density at radius 3 is 1.62 bits per heavy atom. The van der Waals surface area contributed by atoms with Gasteiger partial charge in [-0.3, -0.25) is 0 Å². The van der Waals surface area contributed by atoms with Crippen LogP contribution in [-0.2, 0) is 0 Å². The summed E-state index contributed by atoms with van der Waals surface area (Å²) in [5.41, 5.74) is 0. The first-order chi connectivity index (χ1) is 3.55. The van der Waals surface area contributed by atoms with E-state index in [9.17, 15) is 0 Å². The molecule has 0 aliphatic carbocycles. The lowest BCUT2D eigenvalue weighted by Crippen LogP contribution is -2.23. The quantitative estimate of drug-likeness (QED) is 0.573. The van der Waals surface area contributed by atoms with Crippen LogP contribution < -0.4 is 0 Å². The highest BCUT2D eigenvalue weighted by atomic mass is 35.5. The first-order valence-electron chi connectivity index (χ1n) is 2.88. The summed E-state index contributed by atoms with van der Waals surface area (Å²) >= 11 is 5.57. The third kappa shape index (κ3) is 2.53. The minimum atomic E-state index is -0.364. The molecular weight excluding hydrogens is 124 g/mol. The molecule has 0 saturated carbocycles. The van der Waals surface area contributed by atoms with Gasteiger partial charge in [0, 0.05) is 0 Å². The molecule has 2 heteroatoms. The molecule has 0 aliphatic heterocycles. The predicted molar refractivity (Wildman–Crippen MR) is 36.2 cm³/mol. The molecule has 0 heterocycles. The van der Waals surface area contributed by atoms with Gasteiger partial charge < -0.3 is 5.11 Å². The molecule has 0 rings (SSSR count). The molecule has 0 aromatic carbocycles. The van der Waals surface area contributed by atoms with E-state index in [2.05, 4.69) is 0 Å². The fourth-order valence-electron chi connectivity index (χ4n) is 0.530. The Kier molecular flexibility index (Phi) is 3.41. The van der Waals surface area contributed by atoms with E-state index in [1.54, 1.807) is 6.92 Å². The molecule has 0 saturated heterocycles. The summed E-state index contributed by atoms with van der Waals surface area (Å²) in [6, 6.07) is 0. The summed E-state index contributed by atoms with van der Waals surface area (Å²) in [5, 5.41) is 8.94. The summed E-state index contributed by atoms with van der Waals surface area (Å²) in [4.78, 5) is 0. The minimum Gasteiger partial charge on any atom is -0.391 e. The third-order valence-corrected chi connectivity index (χ3v) is 1.41. The van der Waals surface area contributed by atoms with Gasteiger partial charge in [-0.25, -0.2) is 0 Å². The monoisotopic (exact) mass is 136 g/mol. The molecule has 2 atom stereocenters.